The number of aryl methyl sites for hydroxylation is 2. The first-order valence-electron chi connectivity index (χ1n) is 13.0. The second-order valence-electron chi connectivity index (χ2n) is 10.3. The molecule has 0 fully saturated rings. The average Bonchev–Trinajstić information content (AvgIpc) is 3.26. The minimum Gasteiger partial charge on any atom is -0.489 e. The molecular weight excluding hydrogens is 517 g/mol. The number of fused-ring (bicyclic) bond motifs is 1. The Morgan fingerprint density at radius 2 is 1.87 bits per heavy atom. The number of rotatable bonds is 10. The molecule has 8 heteroatoms. The van der Waals surface area contributed by atoms with Crippen LogP contribution in [0.3, 0.4) is 0 Å². The van der Waals surface area contributed by atoms with Crippen LogP contribution in [0.15, 0.2) is 59.1 Å². The Morgan fingerprint density at radius 1 is 1.10 bits per heavy atom. The van der Waals surface area contributed by atoms with Gasteiger partial charge in [-0.15, -0.1) is 0 Å². The van der Waals surface area contributed by atoms with Crippen molar-refractivity contribution in [1.29, 1.82) is 0 Å². The van der Waals surface area contributed by atoms with E-state index in [1.54, 1.807) is 19.2 Å². The summed E-state index contributed by atoms with van der Waals surface area (Å²) >= 11 is 0. The number of halogens is 1. The molecule has 0 unspecified atom stereocenters. The van der Waals surface area contributed by atoms with Crippen LogP contribution in [0.25, 0.3) is 22.1 Å². The molecule has 0 aliphatic rings. The molecule has 206 valence electrons. The molecule has 0 N–H and O–H groups in total. The summed E-state index contributed by atoms with van der Waals surface area (Å²) in [5.41, 5.74) is 3.36. The summed E-state index contributed by atoms with van der Waals surface area (Å²) in [6, 6.07) is 14.7. The molecule has 0 amide bonds. The molecule has 0 aliphatic heterocycles. The van der Waals surface area contributed by atoms with E-state index in [0.717, 1.165) is 16.5 Å². The van der Waals surface area contributed by atoms with E-state index in [-0.39, 0.29) is 35.9 Å². The third-order valence-electron chi connectivity index (χ3n) is 6.27. The van der Waals surface area contributed by atoms with Gasteiger partial charge in [0, 0.05) is 56.0 Å². The molecule has 1 atom stereocenters. The van der Waals surface area contributed by atoms with Gasteiger partial charge in [0.05, 0.1) is 18.7 Å². The van der Waals surface area contributed by atoms with E-state index in [1.165, 1.54) is 0 Å². The van der Waals surface area contributed by atoms with Gasteiger partial charge in [-0.2, -0.15) is 0 Å². The lowest BCUT2D eigenvalue weighted by Gasteiger charge is -2.17. The lowest BCUT2D eigenvalue weighted by atomic mass is 9.99. The molecule has 4 aromatic rings. The third kappa shape index (κ3) is 6.92. The van der Waals surface area contributed by atoms with Crippen molar-refractivity contribution in [2.45, 2.75) is 58.8 Å². The summed E-state index contributed by atoms with van der Waals surface area (Å²) in [5, 5.41) is 0.829. The number of ether oxygens (including phenoxy) is 2. The normalized spacial score (nSPS) is 12.5. The summed E-state index contributed by atoms with van der Waals surface area (Å²) in [4.78, 5) is 16.3. The fourth-order valence-corrected chi connectivity index (χ4v) is 5.30. The second-order valence-corrected chi connectivity index (χ2v) is 12.7. The van der Waals surface area contributed by atoms with E-state index in [0.29, 0.717) is 40.6 Å². The number of furan rings is 1. The first-order chi connectivity index (χ1) is 18.6. The van der Waals surface area contributed by atoms with Gasteiger partial charge < -0.3 is 13.9 Å². The highest BCUT2D eigenvalue weighted by Crippen LogP contribution is 2.35. The van der Waals surface area contributed by atoms with Gasteiger partial charge >= 0.3 is 5.97 Å². The first kappa shape index (κ1) is 28.5. The number of nitrogens with zero attached hydrogens (tertiary/aromatic N) is 1. The van der Waals surface area contributed by atoms with Gasteiger partial charge in [-0.25, -0.2) is 4.39 Å². The van der Waals surface area contributed by atoms with Crippen LogP contribution in [0, 0.1) is 12.7 Å². The Balaban J connectivity index is 1.64. The topological polar surface area (TPSA) is 78.6 Å². The molecular formula is C31H34FNO5S. The predicted octanol–water partition coefficient (Wildman–Crippen LogP) is 6.72. The highest BCUT2D eigenvalue weighted by atomic mass is 32.2. The molecule has 0 saturated heterocycles. The van der Waals surface area contributed by atoms with Crippen molar-refractivity contribution in [2.24, 2.45) is 0 Å². The van der Waals surface area contributed by atoms with Gasteiger partial charge in [-0.3, -0.25) is 14.0 Å². The van der Waals surface area contributed by atoms with Gasteiger partial charge in [0.1, 0.15) is 23.7 Å². The highest BCUT2D eigenvalue weighted by Gasteiger charge is 2.22. The molecule has 2 aromatic heterocycles. The van der Waals surface area contributed by atoms with Crippen LogP contribution in [0.4, 0.5) is 4.39 Å². The monoisotopic (exact) mass is 551 g/mol. The van der Waals surface area contributed by atoms with E-state index in [9.17, 15) is 9.00 Å². The average molecular weight is 552 g/mol. The number of carbonyl (C=O) groups excluding carboxylic acids is 1. The maximum Gasteiger partial charge on any atom is 0.310 e. The molecule has 0 aliphatic carbocycles. The van der Waals surface area contributed by atoms with Crippen molar-refractivity contribution in [3.8, 4) is 16.9 Å². The van der Waals surface area contributed by atoms with Crippen LogP contribution in [-0.4, -0.2) is 32.3 Å². The van der Waals surface area contributed by atoms with Crippen LogP contribution >= 0.6 is 0 Å². The standard InChI is InChI=1S/C31H34FNO5S/c1-6-36-28(34)18-22-9-7-8-10-27(22)37-19-21-16-23-15-20(2)38-30(23)25(17-21)24-11-13-33-26(29(24)32)12-14-39(35)31(3,4)5/h7-11,13,15-17H,6,12,14,18-19H2,1-5H3/t39-/m0/s1. The van der Waals surface area contributed by atoms with Crippen LogP contribution in [0.5, 0.6) is 5.75 Å². The Kier molecular flexibility index (Phi) is 8.85. The minimum atomic E-state index is -1.12. The predicted molar refractivity (Wildman–Crippen MR) is 152 cm³/mol. The fourth-order valence-electron chi connectivity index (χ4n) is 4.31. The first-order valence-corrected chi connectivity index (χ1v) is 14.3. The van der Waals surface area contributed by atoms with E-state index in [2.05, 4.69) is 4.98 Å². The Labute approximate surface area is 231 Å². The van der Waals surface area contributed by atoms with E-state index in [4.69, 9.17) is 13.9 Å². The Bertz CT molecular complexity index is 1500. The summed E-state index contributed by atoms with van der Waals surface area (Å²) in [6.07, 6.45) is 1.95. The van der Waals surface area contributed by atoms with Crippen molar-refractivity contribution >= 4 is 27.7 Å². The zero-order chi connectivity index (χ0) is 28.2. The van der Waals surface area contributed by atoms with E-state index in [1.807, 2.05) is 70.2 Å². The minimum absolute atomic E-state index is 0.111. The quantitative estimate of drug-likeness (QED) is 0.204. The van der Waals surface area contributed by atoms with Crippen molar-refractivity contribution in [2.75, 3.05) is 12.4 Å². The lowest BCUT2D eigenvalue weighted by molar-refractivity contribution is -0.142. The molecule has 6 nitrogen and oxygen atoms in total. The van der Waals surface area contributed by atoms with Gasteiger partial charge in [0.2, 0.25) is 0 Å². The molecule has 39 heavy (non-hydrogen) atoms. The maximum absolute atomic E-state index is 15.8. The molecule has 0 saturated carbocycles. The van der Waals surface area contributed by atoms with Gasteiger partial charge in [0.25, 0.3) is 0 Å². The van der Waals surface area contributed by atoms with Crippen LogP contribution in [0.2, 0.25) is 0 Å². The number of hydrogen-bond acceptors (Lipinski definition) is 6. The van der Waals surface area contributed by atoms with Crippen LogP contribution < -0.4 is 4.74 Å². The number of esters is 1. The smallest absolute Gasteiger partial charge is 0.310 e. The number of para-hydroxylation sites is 1. The number of pyridine rings is 1. The number of hydrogen-bond donors (Lipinski definition) is 0. The largest absolute Gasteiger partial charge is 0.489 e. The summed E-state index contributed by atoms with van der Waals surface area (Å²) in [7, 11) is -1.12. The van der Waals surface area contributed by atoms with Crippen LogP contribution in [-0.2, 0) is 39.8 Å². The molecule has 4 rings (SSSR count). The third-order valence-corrected chi connectivity index (χ3v) is 8.21. The van der Waals surface area contributed by atoms with E-state index >= 15 is 4.39 Å². The Hall–Kier alpha value is -3.52. The Morgan fingerprint density at radius 3 is 2.62 bits per heavy atom. The summed E-state index contributed by atoms with van der Waals surface area (Å²) < 4.78 is 45.1. The molecule has 2 aromatic carbocycles. The zero-order valence-corrected chi connectivity index (χ0v) is 23.8. The summed E-state index contributed by atoms with van der Waals surface area (Å²) in [5.74, 6) is 0.850. The van der Waals surface area contributed by atoms with Crippen molar-refractivity contribution in [3.05, 3.63) is 83.1 Å². The number of benzene rings is 2. The molecule has 0 spiro atoms. The van der Waals surface area contributed by atoms with Crippen LogP contribution in [0.1, 0.15) is 50.3 Å². The van der Waals surface area contributed by atoms with E-state index < -0.39 is 16.6 Å². The molecule has 0 bridgehead atoms. The van der Waals surface area contributed by atoms with Crippen molar-refractivity contribution < 1.29 is 27.3 Å². The highest BCUT2D eigenvalue weighted by molar-refractivity contribution is 7.86. The van der Waals surface area contributed by atoms with Gasteiger partial charge in [-0.05, 0) is 70.5 Å². The SMILES string of the molecule is CCOC(=O)Cc1ccccc1OCc1cc(-c2ccnc(CC[S@](=O)C(C)(C)C)c2F)c2oc(C)cc2c1. The summed E-state index contributed by atoms with van der Waals surface area (Å²) in [6.45, 7) is 9.86. The fraction of sp³-hybridized carbons (Fsp3) is 0.355. The molecule has 0 radical (unpaired) electrons. The van der Waals surface area contributed by atoms with Gasteiger partial charge in [-0.1, -0.05) is 18.2 Å². The zero-order valence-electron chi connectivity index (χ0n) is 23.0. The maximum atomic E-state index is 15.8. The second kappa shape index (κ2) is 12.1. The number of carbonyl (C=O) groups is 1. The van der Waals surface area contributed by atoms with Crippen molar-refractivity contribution in [1.82, 2.24) is 4.98 Å². The van der Waals surface area contributed by atoms with Crippen molar-refractivity contribution in [3.63, 3.8) is 0 Å². The lowest BCUT2D eigenvalue weighted by Crippen LogP contribution is -2.25. The molecule has 2 heterocycles. The van der Waals surface area contributed by atoms with Gasteiger partial charge in [0.15, 0.2) is 5.82 Å². The number of aromatic nitrogens is 1.